The first-order valence-electron chi connectivity index (χ1n) is 11.2. The lowest BCUT2D eigenvalue weighted by Gasteiger charge is -2.20. The maximum Gasteiger partial charge on any atom is 0.219 e. The summed E-state index contributed by atoms with van der Waals surface area (Å²) in [5.74, 6) is -0.244. The average Bonchev–Trinajstić information content (AvgIpc) is 2.80. The molecule has 0 spiro atoms. The average molecular weight is 468 g/mol. The standard InChI is InChI=1S/C20H33N3O3.C4H8.CH4S/c1-14-12-16(6-4-5-7-20(25)23-3)8-9-17(14)13-26-15(2)18(21)10-11-19(22)24;1-3-4-2;1-2/h8-9,12,15,18H,4-7,10-11,13,21H2,1-3H3,(H2,22,24)(H,23,25);3-4H,1-2H3;2H,1H3/b;4-3-;/t15-,18?;;/m1../s1. The molecule has 5 N–H and O–H groups in total. The smallest absolute Gasteiger partial charge is 0.219 e. The number of rotatable bonds is 12. The normalized spacial score (nSPS) is 12.1. The van der Waals surface area contributed by atoms with E-state index >= 15 is 0 Å². The van der Waals surface area contributed by atoms with Crippen molar-refractivity contribution < 1.29 is 14.3 Å². The molecule has 0 bridgehead atoms. The molecule has 1 aromatic rings. The van der Waals surface area contributed by atoms with Gasteiger partial charge in [-0.15, -0.1) is 0 Å². The van der Waals surface area contributed by atoms with Crippen LogP contribution in [-0.4, -0.2) is 37.3 Å². The Bertz CT molecular complexity index is 662. The largest absolute Gasteiger partial charge is 0.372 e. The van der Waals surface area contributed by atoms with Crippen molar-refractivity contribution in [3.63, 3.8) is 0 Å². The van der Waals surface area contributed by atoms with Gasteiger partial charge in [0.15, 0.2) is 0 Å². The minimum Gasteiger partial charge on any atom is -0.372 e. The second-order valence-electron chi connectivity index (χ2n) is 7.49. The van der Waals surface area contributed by atoms with Crippen molar-refractivity contribution in [2.45, 2.75) is 85.0 Å². The highest BCUT2D eigenvalue weighted by Crippen LogP contribution is 2.16. The number of hydrogen-bond donors (Lipinski definition) is 4. The molecule has 1 unspecified atom stereocenters. The fourth-order valence-electron chi connectivity index (χ4n) is 2.70. The number of aryl methyl sites for hydroxylation is 2. The van der Waals surface area contributed by atoms with Gasteiger partial charge < -0.3 is 21.5 Å². The molecular weight excluding hydrogens is 422 g/mol. The number of thiol groups is 1. The van der Waals surface area contributed by atoms with Gasteiger partial charge in [0.25, 0.3) is 0 Å². The van der Waals surface area contributed by atoms with Gasteiger partial charge in [-0.05, 0) is 76.3 Å². The summed E-state index contributed by atoms with van der Waals surface area (Å²) in [5, 5.41) is 2.64. The summed E-state index contributed by atoms with van der Waals surface area (Å²) < 4.78 is 5.86. The molecule has 0 aliphatic heterocycles. The summed E-state index contributed by atoms with van der Waals surface area (Å²) in [5.41, 5.74) is 14.8. The molecule has 0 aliphatic rings. The van der Waals surface area contributed by atoms with Crippen LogP contribution >= 0.6 is 12.6 Å². The van der Waals surface area contributed by atoms with E-state index < -0.39 is 0 Å². The summed E-state index contributed by atoms with van der Waals surface area (Å²) in [6.45, 7) is 8.49. The number of carbonyl (C=O) groups is 2. The van der Waals surface area contributed by atoms with Crippen LogP contribution in [0.25, 0.3) is 0 Å². The Morgan fingerprint density at radius 2 is 1.78 bits per heavy atom. The van der Waals surface area contributed by atoms with Crippen LogP contribution < -0.4 is 16.8 Å². The molecule has 2 amide bonds. The van der Waals surface area contributed by atoms with Gasteiger partial charge in [-0.3, -0.25) is 9.59 Å². The molecule has 0 aromatic heterocycles. The molecule has 6 nitrogen and oxygen atoms in total. The molecule has 0 saturated carbocycles. The quantitative estimate of drug-likeness (QED) is 0.211. The molecule has 1 aromatic carbocycles. The second kappa shape index (κ2) is 21.0. The van der Waals surface area contributed by atoms with E-state index in [4.69, 9.17) is 16.2 Å². The van der Waals surface area contributed by atoms with Gasteiger partial charge in [0.2, 0.25) is 11.8 Å². The molecule has 0 saturated heterocycles. The SMILES string of the molecule is C/C=C\C.CNC(=O)CCCCc1ccc(CO[C@H](C)C(N)CCC(N)=O)c(C)c1.CS. The van der Waals surface area contributed by atoms with Crippen LogP contribution in [0.5, 0.6) is 0 Å². The van der Waals surface area contributed by atoms with Crippen LogP contribution in [0.1, 0.15) is 69.6 Å². The summed E-state index contributed by atoms with van der Waals surface area (Å²) in [6, 6.07) is 6.17. The van der Waals surface area contributed by atoms with Crippen molar-refractivity contribution in [2.24, 2.45) is 11.5 Å². The Morgan fingerprint density at radius 3 is 2.28 bits per heavy atom. The van der Waals surface area contributed by atoms with Gasteiger partial charge in [0, 0.05) is 25.9 Å². The Balaban J connectivity index is 0. The maximum absolute atomic E-state index is 11.2. The van der Waals surface area contributed by atoms with Gasteiger partial charge in [0.05, 0.1) is 12.7 Å². The van der Waals surface area contributed by atoms with Crippen LogP contribution in [0, 0.1) is 6.92 Å². The summed E-state index contributed by atoms with van der Waals surface area (Å²) >= 11 is 3.53. The van der Waals surface area contributed by atoms with Crippen molar-refractivity contribution in [2.75, 3.05) is 13.3 Å². The van der Waals surface area contributed by atoms with Gasteiger partial charge in [0.1, 0.15) is 0 Å². The maximum atomic E-state index is 11.2. The van der Waals surface area contributed by atoms with E-state index in [0.29, 0.717) is 19.4 Å². The Labute approximate surface area is 201 Å². The third-order valence-corrected chi connectivity index (χ3v) is 4.97. The van der Waals surface area contributed by atoms with Crippen LogP contribution in [0.3, 0.4) is 0 Å². The number of allylic oxidation sites excluding steroid dienone is 2. The minimum absolute atomic E-state index is 0.0943. The summed E-state index contributed by atoms with van der Waals surface area (Å²) in [4.78, 5) is 22.0. The molecule has 184 valence electrons. The zero-order chi connectivity index (χ0) is 24.9. The lowest BCUT2D eigenvalue weighted by molar-refractivity contribution is -0.121. The molecular formula is C25H45N3O3S. The molecule has 0 radical (unpaired) electrons. The van der Waals surface area contributed by atoms with Crippen LogP contribution in [0.2, 0.25) is 0 Å². The molecule has 0 heterocycles. The highest BCUT2D eigenvalue weighted by atomic mass is 32.1. The number of unbranched alkanes of at least 4 members (excludes halogenated alkanes) is 1. The van der Waals surface area contributed by atoms with Crippen molar-refractivity contribution in [1.82, 2.24) is 5.32 Å². The minimum atomic E-state index is -0.339. The number of nitrogens with two attached hydrogens (primary N) is 2. The first-order chi connectivity index (χ1) is 15.2. The van der Waals surface area contributed by atoms with Crippen molar-refractivity contribution in [3.8, 4) is 0 Å². The number of ether oxygens (including phenoxy) is 1. The predicted molar refractivity (Wildman–Crippen MR) is 139 cm³/mol. The van der Waals surface area contributed by atoms with Crippen LogP contribution in [0.15, 0.2) is 30.4 Å². The highest BCUT2D eigenvalue weighted by Gasteiger charge is 2.14. The van der Waals surface area contributed by atoms with Gasteiger partial charge in [-0.25, -0.2) is 0 Å². The number of benzene rings is 1. The van der Waals surface area contributed by atoms with E-state index in [0.717, 1.165) is 24.8 Å². The lowest BCUT2D eigenvalue weighted by Crippen LogP contribution is -2.35. The fourth-order valence-corrected chi connectivity index (χ4v) is 2.70. The van der Waals surface area contributed by atoms with Crippen molar-refractivity contribution >= 4 is 24.4 Å². The molecule has 1 rings (SSSR count). The molecule has 0 fully saturated rings. The Hall–Kier alpha value is -1.83. The first-order valence-corrected chi connectivity index (χ1v) is 12.1. The van der Waals surface area contributed by atoms with E-state index in [9.17, 15) is 9.59 Å². The zero-order valence-corrected chi connectivity index (χ0v) is 21.7. The number of hydrogen-bond acceptors (Lipinski definition) is 5. The van der Waals surface area contributed by atoms with Crippen molar-refractivity contribution in [3.05, 3.63) is 47.0 Å². The van der Waals surface area contributed by atoms with Crippen molar-refractivity contribution in [1.29, 1.82) is 0 Å². The molecule has 32 heavy (non-hydrogen) atoms. The number of amides is 2. The summed E-state index contributed by atoms with van der Waals surface area (Å²) in [7, 11) is 1.66. The third-order valence-electron chi connectivity index (χ3n) is 4.97. The number of nitrogens with one attached hydrogen (secondary N) is 1. The fraction of sp³-hybridized carbons (Fsp3) is 0.600. The molecule has 0 aliphatic carbocycles. The number of primary amides is 1. The second-order valence-corrected chi connectivity index (χ2v) is 7.49. The predicted octanol–water partition coefficient (Wildman–Crippen LogP) is 4.08. The van der Waals surface area contributed by atoms with E-state index in [1.54, 1.807) is 13.3 Å². The first kappa shape index (κ1) is 32.4. The van der Waals surface area contributed by atoms with Crippen LogP contribution in [0.4, 0.5) is 0 Å². The van der Waals surface area contributed by atoms with E-state index in [2.05, 4.69) is 43.1 Å². The van der Waals surface area contributed by atoms with Gasteiger partial charge in [-0.2, -0.15) is 12.6 Å². The molecule has 2 atom stereocenters. The van der Waals surface area contributed by atoms with E-state index in [1.807, 2.05) is 32.9 Å². The Morgan fingerprint density at radius 1 is 1.16 bits per heavy atom. The van der Waals surface area contributed by atoms with Crippen LogP contribution in [-0.2, 0) is 27.4 Å². The number of carbonyl (C=O) groups excluding carboxylic acids is 2. The lowest BCUT2D eigenvalue weighted by atomic mass is 10.0. The topological polar surface area (TPSA) is 107 Å². The van der Waals surface area contributed by atoms with E-state index in [1.165, 1.54) is 11.1 Å². The van der Waals surface area contributed by atoms with E-state index in [-0.39, 0.29) is 30.4 Å². The zero-order valence-electron chi connectivity index (χ0n) is 20.8. The summed E-state index contributed by atoms with van der Waals surface area (Å²) in [6.07, 6.45) is 9.80. The monoisotopic (exact) mass is 467 g/mol. The Kier molecular flexibility index (Phi) is 21.3. The molecule has 7 heteroatoms. The van der Waals surface area contributed by atoms with Gasteiger partial charge in [-0.1, -0.05) is 30.4 Å². The highest BCUT2D eigenvalue weighted by molar-refractivity contribution is 7.79. The third kappa shape index (κ3) is 16.8. The van der Waals surface area contributed by atoms with Gasteiger partial charge >= 0.3 is 0 Å².